The van der Waals surface area contributed by atoms with E-state index in [1.54, 1.807) is 0 Å². The zero-order valence-corrected chi connectivity index (χ0v) is 32.8. The Kier molecular flexibility index (Phi) is 9.31. The summed E-state index contributed by atoms with van der Waals surface area (Å²) in [6, 6.07) is 30.9. The van der Waals surface area contributed by atoms with Crippen LogP contribution in [0, 0.1) is 0 Å². The Balaban J connectivity index is 1.40. The zero-order chi connectivity index (χ0) is 36.9. The molecular weight excluding hydrogens is 672 g/mol. The van der Waals surface area contributed by atoms with Crippen LogP contribution in [0.3, 0.4) is 0 Å². The molecule has 1 fully saturated rings. The van der Waals surface area contributed by atoms with Crippen molar-refractivity contribution in [2.24, 2.45) is 0 Å². The van der Waals surface area contributed by atoms with Crippen LogP contribution < -0.4 is 9.80 Å². The van der Waals surface area contributed by atoms with Crippen LogP contribution in [0.15, 0.2) is 112 Å². The Morgan fingerprint density at radius 2 is 1.21 bits per heavy atom. The van der Waals surface area contributed by atoms with E-state index in [4.69, 9.17) is 20.4 Å². The molecule has 0 saturated heterocycles. The summed E-state index contributed by atoms with van der Waals surface area (Å²) in [4.78, 5) is 4.64. The third-order valence-electron chi connectivity index (χ3n) is 11.3. The number of benzene rings is 4. The standard InChI is InChI=1S/C48H51ClN2O2/c1-47(2,3)34-20-24-36(25-21-34)50(42-30-52-44-18-12-10-16-38(42)44)40-28-33(32-14-8-7-9-15-32)29-41(46(40)49)51(37-26-22-35(23-27-37)48(4,5)6)43-31-53-45-19-13-11-17-39(43)45/h10-12,16-18,20-32H,7-9,13-15,19H2,1-6H3. The van der Waals surface area contributed by atoms with E-state index >= 15 is 0 Å². The molecule has 272 valence electrons. The molecule has 0 bridgehead atoms. The van der Waals surface area contributed by atoms with Crippen LogP contribution in [0.1, 0.15) is 114 Å². The van der Waals surface area contributed by atoms with Gasteiger partial charge in [0.2, 0.25) is 0 Å². The van der Waals surface area contributed by atoms with Gasteiger partial charge in [-0.2, -0.15) is 0 Å². The van der Waals surface area contributed by atoms with Crippen LogP contribution in [0.5, 0.6) is 0 Å². The molecule has 53 heavy (non-hydrogen) atoms. The fourth-order valence-corrected chi connectivity index (χ4v) is 8.42. The van der Waals surface area contributed by atoms with E-state index in [2.05, 4.69) is 136 Å². The maximum absolute atomic E-state index is 7.92. The van der Waals surface area contributed by atoms with E-state index in [9.17, 15) is 0 Å². The molecule has 0 N–H and O–H groups in total. The van der Waals surface area contributed by atoms with Crippen LogP contribution in [0.25, 0.3) is 17.0 Å². The van der Waals surface area contributed by atoms with Crippen molar-refractivity contribution in [2.75, 3.05) is 9.80 Å². The maximum atomic E-state index is 7.92. The second-order valence-electron chi connectivity index (χ2n) is 17.0. The summed E-state index contributed by atoms with van der Waals surface area (Å²) >= 11 is 7.92. The maximum Gasteiger partial charge on any atom is 0.136 e. The van der Waals surface area contributed by atoms with Gasteiger partial charge in [0.05, 0.1) is 27.8 Å². The molecule has 2 heterocycles. The molecule has 0 aliphatic heterocycles. The first-order valence-corrected chi connectivity index (χ1v) is 19.7. The van der Waals surface area contributed by atoms with E-state index < -0.39 is 0 Å². The number of furan rings is 2. The Bertz CT molecular complexity index is 2250. The number of anilines is 6. The number of halogens is 1. The summed E-state index contributed by atoms with van der Waals surface area (Å²) < 4.78 is 12.5. The van der Waals surface area contributed by atoms with Gasteiger partial charge in [-0.25, -0.2) is 0 Å². The molecule has 1 saturated carbocycles. The highest BCUT2D eigenvalue weighted by atomic mass is 35.5. The van der Waals surface area contributed by atoms with Crippen LogP contribution in [0.2, 0.25) is 5.02 Å². The summed E-state index contributed by atoms with van der Waals surface area (Å²) in [5, 5.41) is 1.71. The van der Waals surface area contributed by atoms with Crippen LogP contribution in [-0.4, -0.2) is 0 Å². The lowest BCUT2D eigenvalue weighted by atomic mass is 9.83. The average molecular weight is 723 g/mol. The number of allylic oxidation sites excluding steroid dienone is 1. The van der Waals surface area contributed by atoms with Gasteiger partial charge in [-0.15, -0.1) is 0 Å². The molecule has 0 spiro atoms. The molecule has 4 aromatic carbocycles. The SMILES string of the molecule is CC(C)(C)c1ccc(N(c2cc(C3CCCCC3)cc(N(c3ccc(C(C)(C)C)cc3)c3coc4ccccc34)c2Cl)c2coc3c2C=CCC3)cc1. The fourth-order valence-electron chi connectivity index (χ4n) is 8.14. The van der Waals surface area contributed by atoms with Crippen molar-refractivity contribution in [3.63, 3.8) is 0 Å². The van der Waals surface area contributed by atoms with E-state index in [1.165, 1.54) is 48.8 Å². The molecule has 5 heteroatoms. The predicted molar refractivity (Wildman–Crippen MR) is 223 cm³/mol. The molecule has 2 aliphatic carbocycles. The summed E-state index contributed by atoms with van der Waals surface area (Å²) in [6.07, 6.45) is 16.2. The number of nitrogens with zero attached hydrogens (tertiary/aromatic N) is 2. The first-order valence-electron chi connectivity index (χ1n) is 19.4. The summed E-state index contributed by atoms with van der Waals surface area (Å²) in [5.74, 6) is 1.46. The van der Waals surface area contributed by atoms with Gasteiger partial charge in [0.1, 0.15) is 23.9 Å². The molecule has 0 atom stereocenters. The third kappa shape index (κ3) is 6.83. The van der Waals surface area contributed by atoms with Crippen molar-refractivity contribution in [1.82, 2.24) is 0 Å². The molecule has 2 aliphatic rings. The quantitative estimate of drug-likeness (QED) is 0.164. The van der Waals surface area contributed by atoms with Crippen molar-refractivity contribution in [3.05, 3.63) is 137 Å². The van der Waals surface area contributed by atoms with Crippen LogP contribution in [-0.2, 0) is 17.3 Å². The number of aryl methyl sites for hydroxylation is 1. The minimum Gasteiger partial charge on any atom is -0.466 e. The van der Waals surface area contributed by atoms with E-state index in [1.807, 2.05) is 24.7 Å². The first kappa shape index (κ1) is 35.4. The van der Waals surface area contributed by atoms with E-state index in [0.717, 1.165) is 69.3 Å². The number of rotatable bonds is 7. The van der Waals surface area contributed by atoms with Gasteiger partial charge >= 0.3 is 0 Å². The molecule has 8 rings (SSSR count). The van der Waals surface area contributed by atoms with Gasteiger partial charge in [-0.05, 0) is 101 Å². The minimum atomic E-state index is 0.0264. The number of hydrogen-bond donors (Lipinski definition) is 0. The van der Waals surface area contributed by atoms with E-state index in [0.29, 0.717) is 10.9 Å². The van der Waals surface area contributed by atoms with Gasteiger partial charge in [0.15, 0.2) is 0 Å². The summed E-state index contributed by atoms with van der Waals surface area (Å²) in [7, 11) is 0. The molecule has 0 radical (unpaired) electrons. The van der Waals surface area contributed by atoms with Gasteiger partial charge in [-0.3, -0.25) is 0 Å². The number of hydrogen-bond acceptors (Lipinski definition) is 4. The third-order valence-corrected chi connectivity index (χ3v) is 11.6. The Morgan fingerprint density at radius 3 is 1.81 bits per heavy atom. The molecule has 0 amide bonds. The Hall–Kier alpha value is -4.67. The van der Waals surface area contributed by atoms with E-state index in [-0.39, 0.29) is 10.8 Å². The number of para-hydroxylation sites is 1. The van der Waals surface area contributed by atoms with Crippen LogP contribution in [0.4, 0.5) is 34.1 Å². The number of fused-ring (bicyclic) bond motifs is 2. The Labute approximate surface area is 320 Å². The van der Waals surface area contributed by atoms with Gasteiger partial charge < -0.3 is 18.6 Å². The highest BCUT2D eigenvalue weighted by Crippen LogP contribution is 2.52. The van der Waals surface area contributed by atoms with Crippen LogP contribution >= 0.6 is 11.6 Å². The second kappa shape index (κ2) is 14.0. The largest absolute Gasteiger partial charge is 0.466 e. The zero-order valence-electron chi connectivity index (χ0n) is 32.0. The molecule has 4 nitrogen and oxygen atoms in total. The molecule has 2 aromatic heterocycles. The van der Waals surface area contributed by atoms with Crippen molar-refractivity contribution in [2.45, 2.75) is 103 Å². The van der Waals surface area contributed by atoms with Gasteiger partial charge in [-0.1, -0.05) is 121 Å². The van der Waals surface area contributed by atoms with Gasteiger partial charge in [0, 0.05) is 28.7 Å². The lowest BCUT2D eigenvalue weighted by Crippen LogP contribution is -2.17. The first-order chi connectivity index (χ1) is 25.5. The highest BCUT2D eigenvalue weighted by molar-refractivity contribution is 6.37. The highest BCUT2D eigenvalue weighted by Gasteiger charge is 2.30. The lowest BCUT2D eigenvalue weighted by Gasteiger charge is -2.33. The summed E-state index contributed by atoms with van der Waals surface area (Å²) in [5.41, 5.74) is 11.8. The van der Waals surface area contributed by atoms with Crippen molar-refractivity contribution < 1.29 is 8.83 Å². The smallest absolute Gasteiger partial charge is 0.136 e. The molecule has 6 aromatic rings. The topological polar surface area (TPSA) is 32.8 Å². The van der Waals surface area contributed by atoms with Crippen molar-refractivity contribution in [1.29, 1.82) is 0 Å². The summed E-state index contributed by atoms with van der Waals surface area (Å²) in [6.45, 7) is 13.5. The second-order valence-corrected chi connectivity index (χ2v) is 17.4. The van der Waals surface area contributed by atoms with Crippen molar-refractivity contribution >= 4 is 62.8 Å². The Morgan fingerprint density at radius 1 is 0.642 bits per heavy atom. The minimum absolute atomic E-state index is 0.0264. The normalized spacial score (nSPS) is 15.2. The average Bonchev–Trinajstić information content (AvgIpc) is 3.78. The fraction of sp³-hybridized carbons (Fsp3) is 0.333. The lowest BCUT2D eigenvalue weighted by molar-refractivity contribution is 0.444. The molecule has 0 unspecified atom stereocenters. The van der Waals surface area contributed by atoms with Crippen molar-refractivity contribution in [3.8, 4) is 0 Å². The molecular formula is C48H51ClN2O2. The monoisotopic (exact) mass is 722 g/mol. The predicted octanol–water partition coefficient (Wildman–Crippen LogP) is 15.2. The van der Waals surface area contributed by atoms with Gasteiger partial charge in [0.25, 0.3) is 0 Å².